The van der Waals surface area contributed by atoms with Gasteiger partial charge in [0, 0.05) is 0 Å². The lowest BCUT2D eigenvalue weighted by atomic mass is 9.95. The Bertz CT molecular complexity index is 1110. The normalized spacial score (nSPS) is 17.3. The van der Waals surface area contributed by atoms with Crippen LogP contribution >= 0.6 is 11.6 Å². The minimum atomic E-state index is -3.84. The molecule has 0 radical (unpaired) electrons. The summed E-state index contributed by atoms with van der Waals surface area (Å²) < 4.78 is 31.0. The van der Waals surface area contributed by atoms with E-state index in [1.54, 1.807) is 26.0 Å². The third-order valence-corrected chi connectivity index (χ3v) is 6.97. The zero-order valence-corrected chi connectivity index (χ0v) is 18.0. The van der Waals surface area contributed by atoms with Crippen LogP contribution in [0.15, 0.2) is 36.4 Å². The van der Waals surface area contributed by atoms with Crippen LogP contribution in [0.1, 0.15) is 29.8 Å². The number of nitrogens with one attached hydrogen (secondary N) is 1. The third kappa shape index (κ3) is 3.95. The molecule has 2 aromatic rings. The molecule has 2 aromatic carbocycles. The summed E-state index contributed by atoms with van der Waals surface area (Å²) in [6.45, 7) is 5.01. The van der Waals surface area contributed by atoms with Gasteiger partial charge in [-0.2, -0.15) is 0 Å². The van der Waals surface area contributed by atoms with Gasteiger partial charge in [0.15, 0.2) is 0 Å². The maximum atomic E-state index is 12.8. The van der Waals surface area contributed by atoms with Gasteiger partial charge < -0.3 is 10.1 Å². The van der Waals surface area contributed by atoms with Crippen molar-refractivity contribution < 1.29 is 22.7 Å². The van der Waals surface area contributed by atoms with E-state index in [1.807, 2.05) is 13.0 Å². The van der Waals surface area contributed by atoms with Crippen LogP contribution in [0.5, 0.6) is 5.75 Å². The van der Waals surface area contributed by atoms with Crippen LogP contribution in [0.3, 0.4) is 0 Å². The number of benzene rings is 2. The molecule has 1 heterocycles. The number of methoxy groups -OCH3 is 1. The van der Waals surface area contributed by atoms with Crippen molar-refractivity contribution in [2.75, 3.05) is 22.5 Å². The van der Waals surface area contributed by atoms with Crippen LogP contribution in [-0.4, -0.2) is 33.1 Å². The monoisotopic (exact) mass is 436 g/mol. The number of sulfonamides is 1. The van der Waals surface area contributed by atoms with Crippen LogP contribution in [0.4, 0.5) is 11.4 Å². The molecule has 7 nitrogen and oxygen atoms in total. The average Bonchev–Trinajstić information content (AvgIpc) is 2.78. The van der Waals surface area contributed by atoms with E-state index in [0.29, 0.717) is 11.4 Å². The second-order valence-corrected chi connectivity index (χ2v) is 9.76. The van der Waals surface area contributed by atoms with E-state index in [2.05, 4.69) is 5.32 Å². The molecule has 29 heavy (non-hydrogen) atoms. The SMILES string of the molecule is COc1ccc(C)cc1NC(=O)c1cc(N2C(=O)C(C)(C)CS2(=O)=O)ccc1Cl. The highest BCUT2D eigenvalue weighted by molar-refractivity contribution is 7.94. The molecule has 0 saturated carbocycles. The van der Waals surface area contributed by atoms with Gasteiger partial charge in [-0.05, 0) is 56.7 Å². The number of amides is 2. The lowest BCUT2D eigenvalue weighted by molar-refractivity contribution is -0.123. The third-order valence-electron chi connectivity index (χ3n) is 4.62. The van der Waals surface area contributed by atoms with Gasteiger partial charge in [-0.15, -0.1) is 0 Å². The molecule has 0 unspecified atom stereocenters. The van der Waals surface area contributed by atoms with Crippen molar-refractivity contribution in [2.45, 2.75) is 20.8 Å². The van der Waals surface area contributed by atoms with Crippen molar-refractivity contribution in [2.24, 2.45) is 5.41 Å². The Morgan fingerprint density at radius 1 is 1.21 bits per heavy atom. The largest absolute Gasteiger partial charge is 0.495 e. The summed E-state index contributed by atoms with van der Waals surface area (Å²) in [6, 6.07) is 9.41. The quantitative estimate of drug-likeness (QED) is 0.790. The number of ether oxygens (including phenoxy) is 1. The van der Waals surface area contributed by atoms with Crippen molar-refractivity contribution >= 4 is 44.8 Å². The van der Waals surface area contributed by atoms with Gasteiger partial charge in [0.25, 0.3) is 5.91 Å². The molecule has 154 valence electrons. The summed E-state index contributed by atoms with van der Waals surface area (Å²) in [5, 5.41) is 2.85. The van der Waals surface area contributed by atoms with Crippen LogP contribution < -0.4 is 14.4 Å². The highest BCUT2D eigenvalue weighted by atomic mass is 35.5. The van der Waals surface area contributed by atoms with E-state index >= 15 is 0 Å². The van der Waals surface area contributed by atoms with Crippen LogP contribution in [0.25, 0.3) is 0 Å². The molecule has 1 fully saturated rings. The predicted octanol–water partition coefficient (Wildman–Crippen LogP) is 3.61. The van der Waals surface area contributed by atoms with Crippen molar-refractivity contribution in [3.63, 3.8) is 0 Å². The summed E-state index contributed by atoms with van der Waals surface area (Å²) >= 11 is 6.19. The Hall–Kier alpha value is -2.58. The Morgan fingerprint density at radius 2 is 1.90 bits per heavy atom. The van der Waals surface area contributed by atoms with Crippen LogP contribution in [-0.2, 0) is 14.8 Å². The fraction of sp³-hybridized carbons (Fsp3) is 0.300. The first kappa shape index (κ1) is 21.1. The van der Waals surface area contributed by atoms with Crippen LogP contribution in [0.2, 0.25) is 5.02 Å². The summed E-state index contributed by atoms with van der Waals surface area (Å²) in [4.78, 5) is 25.5. The Morgan fingerprint density at radius 3 is 2.48 bits per heavy atom. The maximum Gasteiger partial charge on any atom is 0.257 e. The number of nitrogens with zero attached hydrogens (tertiary/aromatic N) is 1. The molecule has 1 aliphatic rings. The molecule has 0 aromatic heterocycles. The van der Waals surface area contributed by atoms with E-state index in [1.165, 1.54) is 25.3 Å². The number of anilines is 2. The standard InChI is InChI=1S/C20H21ClN2O5S/c1-12-5-8-17(28-4)16(9-12)22-18(24)14-10-13(6-7-15(14)21)23-19(25)20(2,3)11-29(23,26)27/h5-10H,11H2,1-4H3,(H,22,24). The fourth-order valence-corrected chi connectivity index (χ4v) is 5.49. The first-order valence-corrected chi connectivity index (χ1v) is 10.8. The van der Waals surface area contributed by atoms with Gasteiger partial charge in [0.05, 0.1) is 40.2 Å². The number of halogens is 1. The second kappa shape index (κ2) is 7.35. The topological polar surface area (TPSA) is 92.8 Å². The number of rotatable bonds is 4. The minimum absolute atomic E-state index is 0.0421. The number of hydrogen-bond acceptors (Lipinski definition) is 5. The number of hydrogen-bond donors (Lipinski definition) is 1. The molecule has 0 bridgehead atoms. The van der Waals surface area contributed by atoms with Gasteiger partial charge in [0.1, 0.15) is 5.75 Å². The average molecular weight is 437 g/mol. The highest BCUT2D eigenvalue weighted by Crippen LogP contribution is 2.37. The first-order chi connectivity index (χ1) is 13.5. The highest BCUT2D eigenvalue weighted by Gasteiger charge is 2.50. The summed E-state index contributed by atoms with van der Waals surface area (Å²) in [5.41, 5.74) is 0.434. The zero-order valence-electron chi connectivity index (χ0n) is 16.4. The lowest BCUT2D eigenvalue weighted by Gasteiger charge is -2.19. The van der Waals surface area contributed by atoms with E-state index < -0.39 is 27.3 Å². The van der Waals surface area contributed by atoms with E-state index in [0.717, 1.165) is 9.87 Å². The second-order valence-electron chi connectivity index (χ2n) is 7.53. The van der Waals surface area contributed by atoms with Gasteiger partial charge in [0.2, 0.25) is 15.9 Å². The molecule has 1 aliphatic heterocycles. The molecule has 1 N–H and O–H groups in total. The lowest BCUT2D eigenvalue weighted by Crippen LogP contribution is -2.33. The predicted molar refractivity (Wildman–Crippen MR) is 112 cm³/mol. The van der Waals surface area contributed by atoms with E-state index in [9.17, 15) is 18.0 Å². The first-order valence-electron chi connectivity index (χ1n) is 8.79. The maximum absolute atomic E-state index is 12.8. The van der Waals surface area contributed by atoms with Gasteiger partial charge >= 0.3 is 0 Å². The molecule has 0 spiro atoms. The summed E-state index contributed by atoms with van der Waals surface area (Å²) in [7, 11) is -2.35. The zero-order chi connectivity index (χ0) is 21.6. The van der Waals surface area contributed by atoms with Crippen molar-refractivity contribution in [3.05, 3.63) is 52.5 Å². The number of carbonyl (C=O) groups excluding carboxylic acids is 2. The molecular weight excluding hydrogens is 416 g/mol. The molecule has 9 heteroatoms. The Kier molecular flexibility index (Phi) is 5.36. The number of aryl methyl sites for hydroxylation is 1. The summed E-state index contributed by atoms with van der Waals surface area (Å²) in [6.07, 6.45) is 0. The molecule has 2 amide bonds. The fourth-order valence-electron chi connectivity index (χ4n) is 3.18. The molecule has 0 atom stereocenters. The Labute approximate surface area is 174 Å². The van der Waals surface area contributed by atoms with Crippen LogP contribution in [0, 0.1) is 12.3 Å². The van der Waals surface area contributed by atoms with E-state index in [-0.39, 0.29) is 22.0 Å². The molecule has 3 rings (SSSR count). The van der Waals surface area contributed by atoms with Gasteiger partial charge in [-0.3, -0.25) is 9.59 Å². The van der Waals surface area contributed by atoms with E-state index in [4.69, 9.17) is 16.3 Å². The number of carbonyl (C=O) groups is 2. The van der Waals surface area contributed by atoms with Gasteiger partial charge in [-0.25, -0.2) is 12.7 Å². The van der Waals surface area contributed by atoms with Crippen molar-refractivity contribution in [1.29, 1.82) is 0 Å². The minimum Gasteiger partial charge on any atom is -0.495 e. The van der Waals surface area contributed by atoms with Crippen molar-refractivity contribution in [1.82, 2.24) is 0 Å². The van der Waals surface area contributed by atoms with Gasteiger partial charge in [-0.1, -0.05) is 17.7 Å². The molecular formula is C20H21ClN2O5S. The smallest absolute Gasteiger partial charge is 0.257 e. The Balaban J connectivity index is 1.99. The molecule has 1 saturated heterocycles. The summed E-state index contributed by atoms with van der Waals surface area (Å²) in [5.74, 6) is -0.936. The molecule has 0 aliphatic carbocycles. The van der Waals surface area contributed by atoms with Crippen molar-refractivity contribution in [3.8, 4) is 5.75 Å².